The number of pyridine rings is 1. The van der Waals surface area contributed by atoms with Crippen LogP contribution in [0.3, 0.4) is 0 Å². The topological polar surface area (TPSA) is 24.9 Å². The van der Waals surface area contributed by atoms with Crippen molar-refractivity contribution in [1.82, 2.24) is 4.98 Å². The van der Waals surface area contributed by atoms with Crippen molar-refractivity contribution in [3.63, 3.8) is 0 Å². The molecule has 0 saturated carbocycles. The molecule has 2 aromatic rings. The lowest BCUT2D eigenvalue weighted by atomic mass is 10.2. The first-order valence-electron chi connectivity index (χ1n) is 5.77. The van der Waals surface area contributed by atoms with Gasteiger partial charge >= 0.3 is 0 Å². The van der Waals surface area contributed by atoms with Crippen LogP contribution in [-0.2, 0) is 19.4 Å². The van der Waals surface area contributed by atoms with Gasteiger partial charge in [-0.05, 0) is 37.0 Å². The summed E-state index contributed by atoms with van der Waals surface area (Å²) in [4.78, 5) is 6.93. The number of nitrogens with zero attached hydrogens (tertiary/aromatic N) is 1. The summed E-state index contributed by atoms with van der Waals surface area (Å²) in [5.74, 6) is 0. The zero-order valence-corrected chi connectivity index (χ0v) is 10.9. The molecule has 0 aromatic carbocycles. The van der Waals surface area contributed by atoms with Gasteiger partial charge in [-0.25, -0.2) is 0 Å². The number of hydrogen-bond donors (Lipinski definition) is 1. The number of halogens is 1. The summed E-state index contributed by atoms with van der Waals surface area (Å²) in [6.45, 7) is 0.849. The molecule has 1 N–H and O–H groups in total. The predicted molar refractivity (Wildman–Crippen MR) is 72.9 cm³/mol. The fraction of sp³-hybridized carbons (Fsp3) is 0.308. The Hall–Kier alpha value is -1.06. The maximum absolute atomic E-state index is 6.04. The van der Waals surface area contributed by atoms with Crippen molar-refractivity contribution in [3.05, 3.63) is 44.9 Å². The van der Waals surface area contributed by atoms with Crippen LogP contribution < -0.4 is 5.32 Å². The van der Waals surface area contributed by atoms with Gasteiger partial charge in [0.25, 0.3) is 0 Å². The van der Waals surface area contributed by atoms with Crippen molar-refractivity contribution in [2.24, 2.45) is 0 Å². The van der Waals surface area contributed by atoms with E-state index in [2.05, 4.69) is 16.4 Å². The van der Waals surface area contributed by atoms with E-state index in [0.29, 0.717) is 5.02 Å². The summed E-state index contributed by atoms with van der Waals surface area (Å²) >= 11 is 7.97. The lowest BCUT2D eigenvalue weighted by Gasteiger charge is -2.05. The monoisotopic (exact) mass is 264 g/mol. The molecule has 0 saturated heterocycles. The number of rotatable bonds is 3. The molecule has 1 aliphatic rings. The number of nitrogens with one attached hydrogen (secondary N) is 1. The average molecular weight is 265 g/mol. The normalized spacial score (nSPS) is 13.7. The lowest BCUT2D eigenvalue weighted by molar-refractivity contribution is 0.913. The fourth-order valence-corrected chi connectivity index (χ4v) is 3.57. The van der Waals surface area contributed by atoms with E-state index in [4.69, 9.17) is 11.6 Å². The summed E-state index contributed by atoms with van der Waals surface area (Å²) < 4.78 is 0. The Morgan fingerprint density at radius 2 is 2.35 bits per heavy atom. The molecule has 0 bridgehead atoms. The molecule has 2 aromatic heterocycles. The lowest BCUT2D eigenvalue weighted by Crippen LogP contribution is -1.98. The van der Waals surface area contributed by atoms with Crippen molar-refractivity contribution >= 4 is 28.6 Å². The Bertz CT molecular complexity index is 514. The second kappa shape index (κ2) is 4.67. The molecule has 2 nitrogen and oxygen atoms in total. The summed E-state index contributed by atoms with van der Waals surface area (Å²) in [5.41, 5.74) is 2.50. The molecule has 0 radical (unpaired) electrons. The van der Waals surface area contributed by atoms with E-state index >= 15 is 0 Å². The van der Waals surface area contributed by atoms with Gasteiger partial charge in [0.05, 0.1) is 10.7 Å². The smallest absolute Gasteiger partial charge is 0.0820 e. The van der Waals surface area contributed by atoms with E-state index in [1.54, 1.807) is 22.8 Å². The molecule has 1 aliphatic carbocycles. The van der Waals surface area contributed by atoms with Crippen LogP contribution in [-0.4, -0.2) is 4.98 Å². The Balaban J connectivity index is 1.70. The standard InChI is InChI=1S/C13H13ClN2S/c14-11-8-15-5-4-12(11)16-7-10-6-9-2-1-3-13(9)17-10/h4-6,8H,1-3,7H2,(H,15,16). The maximum atomic E-state index is 6.04. The fourth-order valence-electron chi connectivity index (χ4n) is 2.18. The van der Waals surface area contributed by atoms with Crippen LogP contribution in [0.4, 0.5) is 5.69 Å². The number of fused-ring (bicyclic) bond motifs is 1. The molecule has 88 valence electrons. The van der Waals surface area contributed by atoms with Gasteiger partial charge in [0.2, 0.25) is 0 Å². The van der Waals surface area contributed by atoms with Crippen LogP contribution in [0.25, 0.3) is 0 Å². The van der Waals surface area contributed by atoms with Crippen molar-refractivity contribution in [3.8, 4) is 0 Å². The highest BCUT2D eigenvalue weighted by atomic mass is 35.5. The zero-order valence-electron chi connectivity index (χ0n) is 9.37. The summed E-state index contributed by atoms with van der Waals surface area (Å²) in [6, 6.07) is 4.23. The first-order valence-corrected chi connectivity index (χ1v) is 6.96. The Kier molecular flexibility index (Phi) is 3.04. The van der Waals surface area contributed by atoms with E-state index in [0.717, 1.165) is 12.2 Å². The van der Waals surface area contributed by atoms with Crippen LogP contribution in [0.5, 0.6) is 0 Å². The molecule has 4 heteroatoms. The van der Waals surface area contributed by atoms with Crippen molar-refractivity contribution in [1.29, 1.82) is 0 Å². The molecular formula is C13H13ClN2S. The molecule has 17 heavy (non-hydrogen) atoms. The van der Waals surface area contributed by atoms with Gasteiger partial charge in [0, 0.05) is 28.7 Å². The van der Waals surface area contributed by atoms with Crippen molar-refractivity contribution < 1.29 is 0 Å². The van der Waals surface area contributed by atoms with Crippen LogP contribution >= 0.6 is 22.9 Å². The molecule has 3 rings (SSSR count). The highest BCUT2D eigenvalue weighted by Crippen LogP contribution is 2.31. The van der Waals surface area contributed by atoms with Crippen LogP contribution in [0.1, 0.15) is 21.7 Å². The summed E-state index contributed by atoms with van der Waals surface area (Å²) in [6.07, 6.45) is 7.25. The van der Waals surface area contributed by atoms with Crippen LogP contribution in [0, 0.1) is 0 Å². The molecule has 0 spiro atoms. The largest absolute Gasteiger partial charge is 0.379 e. The number of aryl methyl sites for hydroxylation is 2. The second-order valence-electron chi connectivity index (χ2n) is 4.22. The van der Waals surface area contributed by atoms with Gasteiger partial charge in [-0.2, -0.15) is 0 Å². The number of hydrogen-bond acceptors (Lipinski definition) is 3. The minimum Gasteiger partial charge on any atom is -0.379 e. The molecule has 0 fully saturated rings. The molecule has 2 heterocycles. The van der Waals surface area contributed by atoms with Gasteiger partial charge < -0.3 is 5.32 Å². The maximum Gasteiger partial charge on any atom is 0.0820 e. The van der Waals surface area contributed by atoms with E-state index in [1.165, 1.54) is 24.1 Å². The number of aromatic nitrogens is 1. The van der Waals surface area contributed by atoms with Gasteiger partial charge in [0.1, 0.15) is 0 Å². The summed E-state index contributed by atoms with van der Waals surface area (Å²) in [5, 5.41) is 4.03. The highest BCUT2D eigenvalue weighted by Gasteiger charge is 2.14. The quantitative estimate of drug-likeness (QED) is 0.910. The third-order valence-corrected chi connectivity index (χ3v) is 4.56. The number of thiophene rings is 1. The van der Waals surface area contributed by atoms with Crippen molar-refractivity contribution in [2.75, 3.05) is 5.32 Å². The molecule has 0 atom stereocenters. The molecule has 0 unspecified atom stereocenters. The molecular weight excluding hydrogens is 252 g/mol. The second-order valence-corrected chi connectivity index (χ2v) is 5.85. The zero-order chi connectivity index (χ0) is 11.7. The van der Waals surface area contributed by atoms with E-state index in [1.807, 2.05) is 17.4 Å². The van der Waals surface area contributed by atoms with Gasteiger partial charge in [0.15, 0.2) is 0 Å². The Morgan fingerprint density at radius 3 is 3.18 bits per heavy atom. The first-order chi connectivity index (χ1) is 8.33. The predicted octanol–water partition coefficient (Wildman–Crippen LogP) is 3.90. The minimum absolute atomic E-state index is 0.677. The van der Waals surface area contributed by atoms with Gasteiger partial charge in [-0.3, -0.25) is 4.98 Å². The van der Waals surface area contributed by atoms with E-state index < -0.39 is 0 Å². The molecule has 0 aliphatic heterocycles. The van der Waals surface area contributed by atoms with Gasteiger partial charge in [-0.1, -0.05) is 11.6 Å². The van der Waals surface area contributed by atoms with Crippen LogP contribution in [0.15, 0.2) is 24.5 Å². The van der Waals surface area contributed by atoms with E-state index in [9.17, 15) is 0 Å². The van der Waals surface area contributed by atoms with Crippen molar-refractivity contribution in [2.45, 2.75) is 25.8 Å². The third-order valence-electron chi connectivity index (χ3n) is 3.02. The molecule has 0 amide bonds. The Morgan fingerprint density at radius 1 is 1.41 bits per heavy atom. The highest BCUT2D eigenvalue weighted by molar-refractivity contribution is 7.12. The average Bonchev–Trinajstić information content (AvgIpc) is 2.88. The Labute approximate surface area is 110 Å². The summed E-state index contributed by atoms with van der Waals surface area (Å²) in [7, 11) is 0. The minimum atomic E-state index is 0.677. The van der Waals surface area contributed by atoms with E-state index in [-0.39, 0.29) is 0 Å². The van der Waals surface area contributed by atoms with Gasteiger partial charge in [-0.15, -0.1) is 11.3 Å². The van der Waals surface area contributed by atoms with Crippen LogP contribution in [0.2, 0.25) is 5.02 Å². The third kappa shape index (κ3) is 2.31. The number of anilines is 1. The SMILES string of the molecule is Clc1cnccc1NCc1cc2c(s1)CCC2. The first kappa shape index (κ1) is 11.1.